The Balaban J connectivity index is 1.65. The topological polar surface area (TPSA) is 75.7 Å². The summed E-state index contributed by atoms with van der Waals surface area (Å²) in [5.41, 5.74) is 4.10. The van der Waals surface area contributed by atoms with Crippen molar-refractivity contribution in [3.8, 4) is 11.1 Å². The molecule has 5 rings (SSSR count). The highest BCUT2D eigenvalue weighted by Gasteiger charge is 2.19. The van der Waals surface area contributed by atoms with Crippen molar-refractivity contribution in [2.45, 2.75) is 0 Å². The lowest BCUT2D eigenvalue weighted by Gasteiger charge is -2.12. The Bertz CT molecular complexity index is 1570. The number of allylic oxidation sites excluding steroid dienone is 1. The third kappa shape index (κ3) is 3.76. The Morgan fingerprint density at radius 3 is 2.50 bits per heavy atom. The number of pyridine rings is 1. The molecule has 2 aromatic heterocycles. The molecule has 32 heavy (non-hydrogen) atoms. The minimum absolute atomic E-state index is 0.110. The lowest BCUT2D eigenvalue weighted by Crippen LogP contribution is -2.18. The number of aromatic amines is 1. The number of ketones is 1. The quantitative estimate of drug-likeness (QED) is 0.260. The van der Waals surface area contributed by atoms with Gasteiger partial charge >= 0.3 is 0 Å². The highest BCUT2D eigenvalue weighted by molar-refractivity contribution is 9.10. The van der Waals surface area contributed by atoms with Gasteiger partial charge in [-0.2, -0.15) is 0 Å². The zero-order chi connectivity index (χ0) is 22.1. The molecule has 0 atom stereocenters. The van der Waals surface area contributed by atoms with Crippen molar-refractivity contribution in [3.05, 3.63) is 111 Å². The fraction of sp³-hybridized carbons (Fsp3) is 0. The number of rotatable bonds is 4. The zero-order valence-corrected chi connectivity index (χ0v) is 18.3. The number of fused-ring (bicyclic) bond motifs is 2. The third-order valence-corrected chi connectivity index (χ3v) is 5.70. The Morgan fingerprint density at radius 1 is 0.906 bits per heavy atom. The molecule has 154 valence electrons. The number of aromatic nitrogens is 3. The van der Waals surface area contributed by atoms with Crippen LogP contribution in [0.15, 0.2) is 94.5 Å². The van der Waals surface area contributed by atoms with Crippen LogP contribution in [0, 0.1) is 0 Å². The summed E-state index contributed by atoms with van der Waals surface area (Å²) in [6.07, 6.45) is 6.38. The molecule has 0 aliphatic heterocycles. The molecule has 0 saturated carbocycles. The van der Waals surface area contributed by atoms with E-state index in [1.54, 1.807) is 18.5 Å². The third-order valence-electron chi connectivity index (χ3n) is 5.21. The van der Waals surface area contributed by atoms with E-state index >= 15 is 0 Å². The minimum atomic E-state index is -0.419. The Morgan fingerprint density at radius 2 is 1.69 bits per heavy atom. The molecular weight excluding hydrogens is 466 g/mol. The monoisotopic (exact) mass is 481 g/mol. The van der Waals surface area contributed by atoms with Crippen molar-refractivity contribution in [2.75, 3.05) is 0 Å². The van der Waals surface area contributed by atoms with Gasteiger partial charge in [0.15, 0.2) is 5.78 Å². The summed E-state index contributed by atoms with van der Waals surface area (Å²) < 4.78 is 0.862. The van der Waals surface area contributed by atoms with Crippen LogP contribution < -0.4 is 5.56 Å². The second-order valence-electron chi connectivity index (χ2n) is 7.26. The summed E-state index contributed by atoms with van der Waals surface area (Å²) in [5, 5.41) is 0.794. The number of carbonyl (C=O) groups excluding carboxylic acids is 1. The molecule has 0 aliphatic rings. The summed E-state index contributed by atoms with van der Waals surface area (Å²) >= 11 is 3.50. The van der Waals surface area contributed by atoms with Crippen LogP contribution in [0.3, 0.4) is 0 Å². The highest BCUT2D eigenvalue weighted by Crippen LogP contribution is 2.31. The largest absolute Gasteiger partial charge is 0.321 e. The molecule has 5 nitrogen and oxygen atoms in total. The number of hydrogen-bond donors (Lipinski definition) is 1. The maximum absolute atomic E-state index is 13.3. The molecule has 3 aromatic carbocycles. The molecule has 6 heteroatoms. The number of H-pyrrole nitrogens is 1. The smallest absolute Gasteiger partial charge is 0.260 e. The first-order valence-corrected chi connectivity index (χ1v) is 10.7. The van der Waals surface area contributed by atoms with Gasteiger partial charge in [-0.05, 0) is 47.5 Å². The maximum Gasteiger partial charge on any atom is 0.260 e. The van der Waals surface area contributed by atoms with Crippen LogP contribution in [0.4, 0.5) is 0 Å². The van der Waals surface area contributed by atoms with E-state index in [4.69, 9.17) is 0 Å². The molecule has 0 saturated heterocycles. The summed E-state index contributed by atoms with van der Waals surface area (Å²) in [6.45, 7) is 0. The molecule has 0 unspecified atom stereocenters. The normalized spacial score (nSPS) is 11.4. The molecule has 0 bridgehead atoms. The van der Waals surface area contributed by atoms with Crippen LogP contribution in [-0.4, -0.2) is 20.7 Å². The number of hydrogen-bond acceptors (Lipinski definition) is 4. The van der Waals surface area contributed by atoms with E-state index in [1.807, 2.05) is 66.7 Å². The molecule has 1 N–H and O–H groups in total. The molecule has 0 fully saturated rings. The van der Waals surface area contributed by atoms with Gasteiger partial charge < -0.3 is 4.98 Å². The summed E-state index contributed by atoms with van der Waals surface area (Å²) in [4.78, 5) is 37.7. The SMILES string of the molecule is O=C(/C=C\c1ccc2nccnc2c1)c1c(-c2ccccc2)c2cc(Br)ccc2[nH]c1=O. The number of carbonyl (C=O) groups is 1. The predicted molar refractivity (Wildman–Crippen MR) is 131 cm³/mol. The van der Waals surface area contributed by atoms with Gasteiger partial charge in [-0.3, -0.25) is 19.6 Å². The van der Waals surface area contributed by atoms with Crippen LogP contribution in [0.1, 0.15) is 15.9 Å². The molecular formula is C26H16BrN3O2. The second-order valence-corrected chi connectivity index (χ2v) is 8.18. The van der Waals surface area contributed by atoms with Gasteiger partial charge in [-0.25, -0.2) is 0 Å². The highest BCUT2D eigenvalue weighted by atomic mass is 79.9. The molecule has 2 heterocycles. The summed E-state index contributed by atoms with van der Waals surface area (Å²) in [7, 11) is 0. The first kappa shape index (κ1) is 20.0. The van der Waals surface area contributed by atoms with E-state index in [-0.39, 0.29) is 11.3 Å². The first-order chi connectivity index (χ1) is 15.6. The van der Waals surface area contributed by atoms with Crippen molar-refractivity contribution in [3.63, 3.8) is 0 Å². The standard InChI is InChI=1S/C26H16BrN3O2/c27-18-8-10-20-19(15-18)24(17-4-2-1-3-5-17)25(26(32)30-20)23(31)11-7-16-6-9-21-22(14-16)29-13-12-28-21/h1-15H,(H,30,32)/b11-7-. The van der Waals surface area contributed by atoms with E-state index in [9.17, 15) is 9.59 Å². The van der Waals surface area contributed by atoms with E-state index in [2.05, 4.69) is 30.9 Å². The lowest BCUT2D eigenvalue weighted by molar-refractivity contribution is 0.104. The summed E-state index contributed by atoms with van der Waals surface area (Å²) in [6, 6.07) is 20.6. The number of nitrogens with one attached hydrogen (secondary N) is 1. The van der Waals surface area contributed by atoms with E-state index in [1.165, 1.54) is 6.08 Å². The van der Waals surface area contributed by atoms with Gasteiger partial charge in [0.05, 0.1) is 16.6 Å². The van der Waals surface area contributed by atoms with Gasteiger partial charge in [0.2, 0.25) is 0 Å². The van der Waals surface area contributed by atoms with E-state index in [0.29, 0.717) is 11.1 Å². The van der Waals surface area contributed by atoms with Crippen molar-refractivity contribution in [1.29, 1.82) is 0 Å². The molecule has 0 aliphatic carbocycles. The van der Waals surface area contributed by atoms with Crippen LogP contribution >= 0.6 is 15.9 Å². The molecule has 0 spiro atoms. The van der Waals surface area contributed by atoms with Crippen molar-refractivity contribution in [2.24, 2.45) is 0 Å². The number of halogens is 1. The van der Waals surface area contributed by atoms with Gasteiger partial charge in [-0.1, -0.05) is 58.4 Å². The van der Waals surface area contributed by atoms with Crippen LogP contribution in [0.5, 0.6) is 0 Å². The van der Waals surface area contributed by atoms with Crippen molar-refractivity contribution in [1.82, 2.24) is 15.0 Å². The fourth-order valence-electron chi connectivity index (χ4n) is 3.74. The number of benzene rings is 3. The van der Waals surface area contributed by atoms with Crippen molar-refractivity contribution < 1.29 is 4.79 Å². The summed E-state index contributed by atoms with van der Waals surface area (Å²) in [5.74, 6) is -0.369. The Kier molecular flexibility index (Phi) is 5.21. The van der Waals surface area contributed by atoms with Gasteiger partial charge in [0.25, 0.3) is 5.56 Å². The lowest BCUT2D eigenvalue weighted by atomic mass is 9.94. The Labute approximate surface area is 191 Å². The van der Waals surface area contributed by atoms with E-state index < -0.39 is 5.56 Å². The van der Waals surface area contributed by atoms with Crippen LogP contribution in [-0.2, 0) is 0 Å². The molecule has 0 amide bonds. The fourth-order valence-corrected chi connectivity index (χ4v) is 4.11. The predicted octanol–water partition coefficient (Wildman–Crippen LogP) is 5.80. The van der Waals surface area contributed by atoms with Crippen molar-refractivity contribution >= 4 is 49.7 Å². The Hall–Kier alpha value is -3.90. The average molecular weight is 482 g/mol. The van der Waals surface area contributed by atoms with Gasteiger partial charge in [0, 0.05) is 33.3 Å². The average Bonchev–Trinajstić information content (AvgIpc) is 2.82. The number of nitrogens with zero attached hydrogens (tertiary/aromatic N) is 2. The van der Waals surface area contributed by atoms with Gasteiger partial charge in [-0.15, -0.1) is 0 Å². The van der Waals surface area contributed by atoms with Crippen LogP contribution in [0.25, 0.3) is 39.1 Å². The maximum atomic E-state index is 13.3. The van der Waals surface area contributed by atoms with Gasteiger partial charge in [0.1, 0.15) is 0 Å². The molecule has 0 radical (unpaired) electrons. The molecule has 5 aromatic rings. The second kappa shape index (κ2) is 8.32. The van der Waals surface area contributed by atoms with E-state index in [0.717, 1.165) is 32.0 Å². The van der Waals surface area contributed by atoms with Crippen LogP contribution in [0.2, 0.25) is 0 Å². The zero-order valence-electron chi connectivity index (χ0n) is 16.7. The minimum Gasteiger partial charge on any atom is -0.321 e. The first-order valence-electron chi connectivity index (χ1n) is 9.94.